The molecule has 0 aliphatic carbocycles. The van der Waals surface area contributed by atoms with Crippen molar-refractivity contribution in [2.24, 2.45) is 0 Å². The molecule has 0 bridgehead atoms. The maximum absolute atomic E-state index is 14.4. The number of rotatable bonds is 5. The SMILES string of the molecule is CCCC(=O)NC1CCCN(C(=O)c2c(-c3c(F)cccc3Cl)noc2C)C1. The summed E-state index contributed by atoms with van der Waals surface area (Å²) in [5.41, 5.74) is 0.351. The molecule has 0 spiro atoms. The van der Waals surface area contributed by atoms with E-state index in [0.717, 1.165) is 19.3 Å². The minimum absolute atomic E-state index is 0.0122. The van der Waals surface area contributed by atoms with Gasteiger partial charge in [0.2, 0.25) is 5.91 Å². The van der Waals surface area contributed by atoms with Gasteiger partial charge in [-0.15, -0.1) is 0 Å². The van der Waals surface area contributed by atoms with Crippen molar-refractivity contribution < 1.29 is 18.5 Å². The zero-order chi connectivity index (χ0) is 20.3. The van der Waals surface area contributed by atoms with Gasteiger partial charge in [-0.05, 0) is 38.3 Å². The Balaban J connectivity index is 1.85. The molecule has 6 nitrogen and oxygen atoms in total. The predicted octanol–water partition coefficient (Wildman–Crippen LogP) is 3.96. The van der Waals surface area contributed by atoms with Crippen LogP contribution in [0.1, 0.15) is 48.7 Å². The molecule has 1 saturated heterocycles. The van der Waals surface area contributed by atoms with Gasteiger partial charge in [-0.25, -0.2) is 4.39 Å². The Morgan fingerprint density at radius 1 is 1.43 bits per heavy atom. The maximum Gasteiger partial charge on any atom is 0.259 e. The molecule has 1 atom stereocenters. The van der Waals surface area contributed by atoms with E-state index >= 15 is 0 Å². The smallest absolute Gasteiger partial charge is 0.259 e. The highest BCUT2D eigenvalue weighted by molar-refractivity contribution is 6.33. The third-order valence-corrected chi connectivity index (χ3v) is 5.14. The van der Waals surface area contributed by atoms with Gasteiger partial charge in [-0.3, -0.25) is 9.59 Å². The van der Waals surface area contributed by atoms with Crippen molar-refractivity contribution in [1.82, 2.24) is 15.4 Å². The normalized spacial score (nSPS) is 16.9. The molecule has 0 saturated carbocycles. The van der Waals surface area contributed by atoms with Gasteiger partial charge in [0, 0.05) is 25.6 Å². The van der Waals surface area contributed by atoms with Crippen LogP contribution in [-0.2, 0) is 4.79 Å². The third-order valence-electron chi connectivity index (χ3n) is 4.83. The number of carbonyl (C=O) groups excluding carboxylic acids is 2. The molecular weight excluding hydrogens is 385 g/mol. The van der Waals surface area contributed by atoms with Gasteiger partial charge in [-0.1, -0.05) is 29.7 Å². The number of hydrogen-bond acceptors (Lipinski definition) is 4. The summed E-state index contributed by atoms with van der Waals surface area (Å²) in [5, 5.41) is 7.03. The van der Waals surface area contributed by atoms with Crippen molar-refractivity contribution in [3.05, 3.63) is 40.4 Å². The van der Waals surface area contributed by atoms with Gasteiger partial charge in [0.1, 0.15) is 22.8 Å². The Bertz CT molecular complexity index is 863. The monoisotopic (exact) mass is 407 g/mol. The first-order chi connectivity index (χ1) is 13.4. The largest absolute Gasteiger partial charge is 0.360 e. The highest BCUT2D eigenvalue weighted by Crippen LogP contribution is 2.34. The number of piperidine rings is 1. The van der Waals surface area contributed by atoms with Crippen molar-refractivity contribution in [1.29, 1.82) is 0 Å². The Labute approximate surface area is 168 Å². The van der Waals surface area contributed by atoms with E-state index in [4.69, 9.17) is 16.1 Å². The zero-order valence-corrected chi connectivity index (χ0v) is 16.7. The molecule has 1 unspecified atom stereocenters. The van der Waals surface area contributed by atoms with Crippen LogP contribution in [0.3, 0.4) is 0 Å². The van der Waals surface area contributed by atoms with Gasteiger partial charge < -0.3 is 14.7 Å². The number of carbonyl (C=O) groups is 2. The molecule has 1 N–H and O–H groups in total. The number of amides is 2. The van der Waals surface area contributed by atoms with Crippen LogP contribution < -0.4 is 5.32 Å². The summed E-state index contributed by atoms with van der Waals surface area (Å²) in [6.45, 7) is 4.50. The lowest BCUT2D eigenvalue weighted by Crippen LogP contribution is -2.49. The Morgan fingerprint density at radius 2 is 2.21 bits per heavy atom. The summed E-state index contributed by atoms with van der Waals surface area (Å²) in [6, 6.07) is 4.19. The first-order valence-corrected chi connectivity index (χ1v) is 9.79. The van der Waals surface area contributed by atoms with Crippen LogP contribution in [0.2, 0.25) is 5.02 Å². The zero-order valence-electron chi connectivity index (χ0n) is 15.9. The minimum atomic E-state index is -0.571. The van der Waals surface area contributed by atoms with Crippen LogP contribution in [0, 0.1) is 12.7 Å². The average Bonchev–Trinajstić information content (AvgIpc) is 3.02. The van der Waals surface area contributed by atoms with Crippen LogP contribution in [0.25, 0.3) is 11.3 Å². The Hall–Kier alpha value is -2.41. The first kappa shape index (κ1) is 20.3. The number of nitrogens with zero attached hydrogens (tertiary/aromatic N) is 2. The van der Waals surface area contributed by atoms with E-state index in [9.17, 15) is 14.0 Å². The first-order valence-electron chi connectivity index (χ1n) is 9.41. The number of nitrogens with one attached hydrogen (secondary N) is 1. The molecule has 1 fully saturated rings. The lowest BCUT2D eigenvalue weighted by atomic mass is 10.0. The molecule has 1 aromatic heterocycles. The summed E-state index contributed by atoms with van der Waals surface area (Å²) in [7, 11) is 0. The van der Waals surface area contributed by atoms with E-state index in [1.165, 1.54) is 12.1 Å². The minimum Gasteiger partial charge on any atom is -0.360 e. The second-order valence-corrected chi connectivity index (χ2v) is 7.37. The molecule has 2 heterocycles. The summed E-state index contributed by atoms with van der Waals surface area (Å²) >= 11 is 6.15. The van der Waals surface area contributed by atoms with E-state index in [1.54, 1.807) is 17.9 Å². The molecule has 2 amide bonds. The lowest BCUT2D eigenvalue weighted by Gasteiger charge is -2.33. The molecule has 28 heavy (non-hydrogen) atoms. The molecule has 0 radical (unpaired) electrons. The molecule has 1 aromatic carbocycles. The molecular formula is C20H23ClFN3O3. The number of likely N-dealkylation sites (tertiary alicyclic amines) is 1. The van der Waals surface area contributed by atoms with Gasteiger partial charge in [0.15, 0.2) is 0 Å². The number of halogens is 2. The summed E-state index contributed by atoms with van der Waals surface area (Å²) in [4.78, 5) is 26.7. The van der Waals surface area contributed by atoms with E-state index < -0.39 is 5.82 Å². The molecule has 150 valence electrons. The second kappa shape index (κ2) is 8.73. The fourth-order valence-electron chi connectivity index (χ4n) is 3.48. The predicted molar refractivity (Wildman–Crippen MR) is 104 cm³/mol. The number of benzene rings is 1. The molecule has 2 aromatic rings. The highest BCUT2D eigenvalue weighted by atomic mass is 35.5. The van der Waals surface area contributed by atoms with E-state index in [-0.39, 0.29) is 39.7 Å². The van der Waals surface area contributed by atoms with Crippen molar-refractivity contribution in [3.63, 3.8) is 0 Å². The fraction of sp³-hybridized carbons (Fsp3) is 0.450. The number of aromatic nitrogens is 1. The van der Waals surface area contributed by atoms with Gasteiger partial charge in [0.05, 0.1) is 10.6 Å². The quantitative estimate of drug-likeness (QED) is 0.813. The maximum atomic E-state index is 14.4. The van der Waals surface area contributed by atoms with Crippen LogP contribution in [0.5, 0.6) is 0 Å². The van der Waals surface area contributed by atoms with Crippen molar-refractivity contribution in [2.45, 2.75) is 45.6 Å². The van der Waals surface area contributed by atoms with Crippen molar-refractivity contribution in [3.8, 4) is 11.3 Å². The molecule has 3 rings (SSSR count). The number of aryl methyl sites for hydroxylation is 1. The van der Waals surface area contributed by atoms with Gasteiger partial charge in [0.25, 0.3) is 5.91 Å². The summed E-state index contributed by atoms with van der Waals surface area (Å²) in [6.07, 6.45) is 2.82. The van der Waals surface area contributed by atoms with Crippen molar-refractivity contribution >= 4 is 23.4 Å². The Morgan fingerprint density at radius 3 is 2.93 bits per heavy atom. The average molecular weight is 408 g/mol. The summed E-state index contributed by atoms with van der Waals surface area (Å²) < 4.78 is 19.6. The van der Waals surface area contributed by atoms with Crippen molar-refractivity contribution in [2.75, 3.05) is 13.1 Å². The van der Waals surface area contributed by atoms with Crippen LogP contribution in [-0.4, -0.2) is 41.0 Å². The standard InChI is InChI=1S/C20H23ClFN3O3/c1-3-6-16(26)23-13-7-5-10-25(11-13)20(27)17-12(2)28-24-19(17)18-14(21)8-4-9-15(18)22/h4,8-9,13H,3,5-7,10-11H2,1-2H3,(H,23,26). The van der Waals surface area contributed by atoms with Crippen LogP contribution in [0.15, 0.2) is 22.7 Å². The van der Waals surface area contributed by atoms with Crippen LogP contribution >= 0.6 is 11.6 Å². The third kappa shape index (κ3) is 4.19. The Kier molecular flexibility index (Phi) is 6.34. The second-order valence-electron chi connectivity index (χ2n) is 6.97. The summed E-state index contributed by atoms with van der Waals surface area (Å²) in [5.74, 6) is -0.584. The fourth-order valence-corrected chi connectivity index (χ4v) is 3.74. The molecule has 8 heteroatoms. The van der Waals surface area contributed by atoms with Crippen LogP contribution in [0.4, 0.5) is 4.39 Å². The highest BCUT2D eigenvalue weighted by Gasteiger charge is 2.31. The van der Waals surface area contributed by atoms with E-state index in [2.05, 4.69) is 10.5 Å². The van der Waals surface area contributed by atoms with Gasteiger partial charge in [-0.2, -0.15) is 0 Å². The molecule has 1 aliphatic rings. The number of hydrogen-bond donors (Lipinski definition) is 1. The topological polar surface area (TPSA) is 75.4 Å². The molecule has 1 aliphatic heterocycles. The van der Waals surface area contributed by atoms with E-state index in [0.29, 0.717) is 25.3 Å². The van der Waals surface area contributed by atoms with Gasteiger partial charge >= 0.3 is 0 Å². The lowest BCUT2D eigenvalue weighted by molar-refractivity contribution is -0.122. The van der Waals surface area contributed by atoms with E-state index in [1.807, 2.05) is 6.92 Å².